The molecule has 0 heterocycles. The fraction of sp³-hybridized carbons (Fsp3) is 0.250. The molecule has 0 saturated heterocycles. The van der Waals surface area contributed by atoms with E-state index in [1.165, 1.54) is 0 Å². The van der Waals surface area contributed by atoms with E-state index in [0.29, 0.717) is 27.8 Å². The Labute approximate surface area is 112 Å². The molecule has 0 amide bonds. The van der Waals surface area contributed by atoms with Gasteiger partial charge in [0.05, 0.1) is 0 Å². The summed E-state index contributed by atoms with van der Waals surface area (Å²) in [6.07, 6.45) is 0. The van der Waals surface area contributed by atoms with Crippen molar-refractivity contribution in [3.05, 3.63) is 40.5 Å². The van der Waals surface area contributed by atoms with Gasteiger partial charge in [-0.1, -0.05) is 12.1 Å². The Balaban J connectivity index is 2.83. The number of rotatable bonds is 1. The molecule has 100 valence electrons. The van der Waals surface area contributed by atoms with Gasteiger partial charge < -0.3 is 15.3 Å². The van der Waals surface area contributed by atoms with Crippen molar-refractivity contribution in [1.29, 1.82) is 0 Å². The van der Waals surface area contributed by atoms with E-state index in [0.717, 1.165) is 5.56 Å². The highest BCUT2D eigenvalue weighted by atomic mass is 16.3. The van der Waals surface area contributed by atoms with Crippen LogP contribution in [0.5, 0.6) is 17.2 Å². The van der Waals surface area contributed by atoms with Gasteiger partial charge in [0.25, 0.3) is 0 Å². The lowest BCUT2D eigenvalue weighted by atomic mass is 9.92. The average Bonchev–Trinajstić information content (AvgIpc) is 2.37. The van der Waals surface area contributed by atoms with Crippen molar-refractivity contribution >= 4 is 0 Å². The maximum absolute atomic E-state index is 10.3. The van der Waals surface area contributed by atoms with Gasteiger partial charge in [0, 0.05) is 16.7 Å². The molecule has 2 aromatic rings. The molecule has 0 bridgehead atoms. The van der Waals surface area contributed by atoms with Gasteiger partial charge in [-0.2, -0.15) is 0 Å². The highest BCUT2D eigenvalue weighted by Crippen LogP contribution is 2.45. The topological polar surface area (TPSA) is 60.7 Å². The van der Waals surface area contributed by atoms with Gasteiger partial charge in [-0.15, -0.1) is 0 Å². The molecule has 0 atom stereocenters. The van der Waals surface area contributed by atoms with Gasteiger partial charge >= 0.3 is 0 Å². The summed E-state index contributed by atoms with van der Waals surface area (Å²) in [5.41, 5.74) is 3.80. The number of hydrogen-bond acceptors (Lipinski definition) is 3. The molecular formula is C16H18O3. The fourth-order valence-corrected chi connectivity index (χ4v) is 2.30. The quantitative estimate of drug-likeness (QED) is 0.683. The molecule has 3 nitrogen and oxygen atoms in total. The van der Waals surface area contributed by atoms with Crippen LogP contribution >= 0.6 is 0 Å². The molecule has 3 heteroatoms. The third kappa shape index (κ3) is 2.01. The zero-order valence-electron chi connectivity index (χ0n) is 11.6. The van der Waals surface area contributed by atoms with Crippen molar-refractivity contribution in [2.24, 2.45) is 0 Å². The lowest BCUT2D eigenvalue weighted by molar-refractivity contribution is 0.449. The molecule has 0 fully saturated rings. The predicted octanol–water partition coefficient (Wildman–Crippen LogP) is 3.70. The third-order valence-corrected chi connectivity index (χ3v) is 3.66. The van der Waals surface area contributed by atoms with E-state index in [1.54, 1.807) is 32.9 Å². The molecule has 19 heavy (non-hydrogen) atoms. The molecule has 0 aliphatic heterocycles. The Hall–Kier alpha value is -2.16. The molecule has 2 rings (SSSR count). The Bertz CT molecular complexity index is 629. The number of phenolic OH excluding ortho intramolecular Hbond substituents is 3. The first kappa shape index (κ1) is 13.3. The van der Waals surface area contributed by atoms with Crippen molar-refractivity contribution in [2.45, 2.75) is 27.7 Å². The predicted molar refractivity (Wildman–Crippen MR) is 75.8 cm³/mol. The van der Waals surface area contributed by atoms with Crippen LogP contribution in [0.1, 0.15) is 22.3 Å². The Morgan fingerprint density at radius 2 is 1.32 bits per heavy atom. The van der Waals surface area contributed by atoms with E-state index in [4.69, 9.17) is 0 Å². The minimum Gasteiger partial charge on any atom is -0.507 e. The molecule has 3 N–H and O–H groups in total. The van der Waals surface area contributed by atoms with Crippen molar-refractivity contribution in [1.82, 2.24) is 0 Å². The minimum absolute atomic E-state index is 0.0982. The van der Waals surface area contributed by atoms with Gasteiger partial charge in [0.15, 0.2) is 0 Å². The lowest BCUT2D eigenvalue weighted by Crippen LogP contribution is -1.93. The van der Waals surface area contributed by atoms with E-state index in [2.05, 4.69) is 0 Å². The van der Waals surface area contributed by atoms with Crippen LogP contribution < -0.4 is 0 Å². The number of phenols is 3. The van der Waals surface area contributed by atoms with Crippen molar-refractivity contribution in [3.8, 4) is 28.4 Å². The van der Waals surface area contributed by atoms with Gasteiger partial charge in [0.1, 0.15) is 17.2 Å². The third-order valence-electron chi connectivity index (χ3n) is 3.66. The summed E-state index contributed by atoms with van der Waals surface area (Å²) in [5, 5.41) is 30.5. The lowest BCUT2D eigenvalue weighted by Gasteiger charge is -2.17. The summed E-state index contributed by atoms with van der Waals surface area (Å²) in [6, 6.07) is 5.25. The molecule has 2 aromatic carbocycles. The molecule has 0 unspecified atom stereocenters. The van der Waals surface area contributed by atoms with Crippen LogP contribution in [0.2, 0.25) is 0 Å². The van der Waals surface area contributed by atoms with Gasteiger partial charge in [-0.05, 0) is 50.5 Å². The summed E-state index contributed by atoms with van der Waals surface area (Å²) in [4.78, 5) is 0. The molecular weight excluding hydrogens is 240 g/mol. The van der Waals surface area contributed by atoms with Crippen LogP contribution in [0.25, 0.3) is 11.1 Å². The van der Waals surface area contributed by atoms with E-state index < -0.39 is 0 Å². The van der Waals surface area contributed by atoms with Crippen LogP contribution in [0.15, 0.2) is 18.2 Å². The Morgan fingerprint density at radius 1 is 0.737 bits per heavy atom. The van der Waals surface area contributed by atoms with Crippen LogP contribution in [0.3, 0.4) is 0 Å². The Kier molecular flexibility index (Phi) is 3.14. The number of benzene rings is 2. The zero-order chi connectivity index (χ0) is 14.3. The molecule has 0 spiro atoms. The molecule has 0 radical (unpaired) electrons. The van der Waals surface area contributed by atoms with Crippen molar-refractivity contribution in [2.75, 3.05) is 0 Å². The second-order valence-corrected chi connectivity index (χ2v) is 4.97. The Morgan fingerprint density at radius 3 is 1.89 bits per heavy atom. The summed E-state index contributed by atoms with van der Waals surface area (Å²) in [7, 11) is 0. The van der Waals surface area contributed by atoms with Crippen molar-refractivity contribution in [3.63, 3.8) is 0 Å². The van der Waals surface area contributed by atoms with E-state index >= 15 is 0 Å². The summed E-state index contributed by atoms with van der Waals surface area (Å²) >= 11 is 0. The summed E-state index contributed by atoms with van der Waals surface area (Å²) < 4.78 is 0. The SMILES string of the molecule is Cc1ccc(-c2c(C)c(O)c(C)c(C)c2O)c(O)c1. The first-order valence-corrected chi connectivity index (χ1v) is 6.16. The molecule has 0 aromatic heterocycles. The number of aryl methyl sites for hydroxylation is 1. The second kappa shape index (κ2) is 4.50. The molecule has 0 saturated carbocycles. The van der Waals surface area contributed by atoms with Gasteiger partial charge in [-0.25, -0.2) is 0 Å². The van der Waals surface area contributed by atoms with Crippen LogP contribution in [-0.4, -0.2) is 15.3 Å². The first-order chi connectivity index (χ1) is 8.84. The maximum atomic E-state index is 10.3. The van der Waals surface area contributed by atoms with Crippen LogP contribution in [0.4, 0.5) is 0 Å². The largest absolute Gasteiger partial charge is 0.507 e. The van der Waals surface area contributed by atoms with Gasteiger partial charge in [-0.3, -0.25) is 0 Å². The monoisotopic (exact) mass is 258 g/mol. The van der Waals surface area contributed by atoms with E-state index in [9.17, 15) is 15.3 Å². The fourth-order valence-electron chi connectivity index (χ4n) is 2.30. The minimum atomic E-state index is 0.0982. The maximum Gasteiger partial charge on any atom is 0.127 e. The average molecular weight is 258 g/mol. The summed E-state index contributed by atoms with van der Waals surface area (Å²) in [6.45, 7) is 7.12. The first-order valence-electron chi connectivity index (χ1n) is 6.16. The highest BCUT2D eigenvalue weighted by molar-refractivity contribution is 5.82. The van der Waals surface area contributed by atoms with Gasteiger partial charge in [0.2, 0.25) is 0 Å². The van der Waals surface area contributed by atoms with Crippen molar-refractivity contribution < 1.29 is 15.3 Å². The van der Waals surface area contributed by atoms with E-state index in [1.807, 2.05) is 13.0 Å². The smallest absolute Gasteiger partial charge is 0.127 e. The number of hydrogen-bond donors (Lipinski definition) is 3. The highest BCUT2D eigenvalue weighted by Gasteiger charge is 2.19. The molecule has 0 aliphatic carbocycles. The van der Waals surface area contributed by atoms with Crippen LogP contribution in [0, 0.1) is 27.7 Å². The second-order valence-electron chi connectivity index (χ2n) is 4.97. The normalized spacial score (nSPS) is 10.7. The zero-order valence-corrected chi connectivity index (χ0v) is 11.6. The standard InChI is InChI=1S/C16H18O3/c1-8-5-6-12(13(17)7-8)14-11(4)15(18)9(2)10(3)16(14)19/h5-7,17-19H,1-4H3. The molecule has 0 aliphatic rings. The number of aromatic hydroxyl groups is 3. The van der Waals surface area contributed by atoms with E-state index in [-0.39, 0.29) is 17.2 Å². The van der Waals surface area contributed by atoms with Crippen LogP contribution in [-0.2, 0) is 0 Å². The summed E-state index contributed by atoms with van der Waals surface area (Å²) in [5.74, 6) is 0.360.